The van der Waals surface area contributed by atoms with Gasteiger partial charge in [-0.05, 0) is 36.4 Å². The molecule has 0 saturated carbocycles. The number of carbonyl (C=O) groups excluding carboxylic acids is 1. The summed E-state index contributed by atoms with van der Waals surface area (Å²) in [7, 11) is 0. The number of halogens is 1. The molecule has 0 aliphatic rings. The van der Waals surface area contributed by atoms with Crippen LogP contribution in [0.3, 0.4) is 0 Å². The molecule has 3 aromatic rings. The third-order valence-corrected chi connectivity index (χ3v) is 3.66. The average Bonchev–Trinajstić information content (AvgIpc) is 3.08. The van der Waals surface area contributed by atoms with Crippen molar-refractivity contribution >= 4 is 21.8 Å². The van der Waals surface area contributed by atoms with Crippen LogP contribution in [0.15, 0.2) is 65.5 Å². The summed E-state index contributed by atoms with van der Waals surface area (Å²) < 4.78 is 2.62. The fourth-order valence-electron chi connectivity index (χ4n) is 2.05. The van der Waals surface area contributed by atoms with Gasteiger partial charge in [-0.1, -0.05) is 22.0 Å². The number of hydrogen-bond donors (Lipinski definition) is 1. The highest BCUT2D eigenvalue weighted by molar-refractivity contribution is 9.10. The van der Waals surface area contributed by atoms with Crippen LogP contribution >= 0.6 is 15.9 Å². The number of hydrogen-bond acceptors (Lipinski definition) is 3. The van der Waals surface area contributed by atoms with Crippen molar-refractivity contribution in [2.75, 3.05) is 0 Å². The number of nitrogens with zero attached hydrogens (tertiary/aromatic N) is 3. The van der Waals surface area contributed by atoms with Crippen LogP contribution in [0.4, 0.5) is 0 Å². The summed E-state index contributed by atoms with van der Waals surface area (Å²) in [6.07, 6.45) is 5.22. The molecule has 0 bridgehead atoms. The average molecular weight is 357 g/mol. The van der Waals surface area contributed by atoms with E-state index in [1.807, 2.05) is 36.5 Å². The van der Waals surface area contributed by atoms with E-state index >= 15 is 0 Å². The quantitative estimate of drug-likeness (QED) is 0.781. The Morgan fingerprint density at radius 2 is 1.95 bits per heavy atom. The van der Waals surface area contributed by atoms with E-state index in [9.17, 15) is 4.79 Å². The Labute approximate surface area is 136 Å². The van der Waals surface area contributed by atoms with E-state index in [1.54, 1.807) is 29.2 Å². The predicted molar refractivity (Wildman–Crippen MR) is 86.7 cm³/mol. The largest absolute Gasteiger partial charge is 0.348 e. The zero-order chi connectivity index (χ0) is 15.4. The van der Waals surface area contributed by atoms with E-state index in [0.29, 0.717) is 17.9 Å². The molecule has 2 heterocycles. The molecule has 0 radical (unpaired) electrons. The van der Waals surface area contributed by atoms with E-state index in [2.05, 4.69) is 31.3 Å². The zero-order valence-electron chi connectivity index (χ0n) is 11.6. The van der Waals surface area contributed by atoms with Crippen LogP contribution in [0.5, 0.6) is 0 Å². The molecule has 0 aliphatic carbocycles. The molecule has 0 unspecified atom stereocenters. The van der Waals surface area contributed by atoms with E-state index < -0.39 is 0 Å². The molecular formula is C16H13BrN4O. The van der Waals surface area contributed by atoms with Gasteiger partial charge in [-0.25, -0.2) is 9.67 Å². The number of aromatic nitrogens is 3. The Hall–Kier alpha value is -2.47. The van der Waals surface area contributed by atoms with Gasteiger partial charge in [0.15, 0.2) is 5.82 Å². The Morgan fingerprint density at radius 1 is 1.14 bits per heavy atom. The first kappa shape index (κ1) is 14.5. The van der Waals surface area contributed by atoms with Crippen LogP contribution in [0.2, 0.25) is 0 Å². The normalized spacial score (nSPS) is 10.4. The second kappa shape index (κ2) is 6.53. The van der Waals surface area contributed by atoms with E-state index in [0.717, 1.165) is 10.0 Å². The maximum atomic E-state index is 12.2. The highest BCUT2D eigenvalue weighted by atomic mass is 79.9. The van der Waals surface area contributed by atoms with Crippen LogP contribution in [0, 0.1) is 0 Å². The van der Waals surface area contributed by atoms with Gasteiger partial charge in [0.25, 0.3) is 5.91 Å². The van der Waals surface area contributed by atoms with Crippen molar-refractivity contribution < 1.29 is 4.79 Å². The molecular weight excluding hydrogens is 344 g/mol. The van der Waals surface area contributed by atoms with Gasteiger partial charge in [-0.3, -0.25) is 4.79 Å². The SMILES string of the molecule is O=C(NCc1cccnc1-n1cccn1)c1ccc(Br)cc1. The molecule has 3 rings (SSSR count). The van der Waals surface area contributed by atoms with Crippen LogP contribution in [-0.4, -0.2) is 20.7 Å². The lowest BCUT2D eigenvalue weighted by molar-refractivity contribution is 0.0951. The molecule has 0 spiro atoms. The molecule has 5 nitrogen and oxygen atoms in total. The first-order chi connectivity index (χ1) is 10.7. The Balaban J connectivity index is 1.74. The van der Waals surface area contributed by atoms with Gasteiger partial charge in [-0.2, -0.15) is 5.10 Å². The number of rotatable bonds is 4. The van der Waals surface area contributed by atoms with Crippen molar-refractivity contribution in [3.8, 4) is 5.82 Å². The third kappa shape index (κ3) is 3.23. The maximum absolute atomic E-state index is 12.2. The smallest absolute Gasteiger partial charge is 0.251 e. The van der Waals surface area contributed by atoms with Crippen molar-refractivity contribution in [3.05, 3.63) is 76.7 Å². The van der Waals surface area contributed by atoms with Crippen molar-refractivity contribution in [2.45, 2.75) is 6.54 Å². The lowest BCUT2D eigenvalue weighted by Crippen LogP contribution is -2.23. The van der Waals surface area contributed by atoms with Gasteiger partial charge in [0, 0.05) is 40.7 Å². The monoisotopic (exact) mass is 356 g/mol. The highest BCUT2D eigenvalue weighted by Crippen LogP contribution is 2.12. The standard InChI is InChI=1S/C16H13BrN4O/c17-14-6-4-12(5-7-14)16(22)19-11-13-3-1-8-18-15(13)21-10-2-9-20-21/h1-10H,11H2,(H,19,22). The van der Waals surface area contributed by atoms with Crippen molar-refractivity contribution in [3.63, 3.8) is 0 Å². The molecule has 2 aromatic heterocycles. The Bertz CT molecular complexity index is 769. The topological polar surface area (TPSA) is 59.8 Å². The fraction of sp³-hybridized carbons (Fsp3) is 0.0625. The second-order valence-corrected chi connectivity index (χ2v) is 5.54. The summed E-state index contributed by atoms with van der Waals surface area (Å²) in [6, 6.07) is 12.8. The minimum atomic E-state index is -0.122. The molecule has 0 atom stereocenters. The number of amides is 1. The van der Waals surface area contributed by atoms with Gasteiger partial charge >= 0.3 is 0 Å². The van der Waals surface area contributed by atoms with Gasteiger partial charge in [0.1, 0.15) is 0 Å². The molecule has 0 aliphatic heterocycles. The van der Waals surface area contributed by atoms with Gasteiger partial charge < -0.3 is 5.32 Å². The minimum Gasteiger partial charge on any atom is -0.348 e. The molecule has 0 saturated heterocycles. The van der Waals surface area contributed by atoms with Gasteiger partial charge in [0.05, 0.1) is 0 Å². The zero-order valence-corrected chi connectivity index (χ0v) is 13.2. The third-order valence-electron chi connectivity index (χ3n) is 3.13. The number of benzene rings is 1. The summed E-state index contributed by atoms with van der Waals surface area (Å²) in [4.78, 5) is 16.5. The van der Waals surface area contributed by atoms with E-state index in [-0.39, 0.29) is 5.91 Å². The van der Waals surface area contributed by atoms with Gasteiger partial charge in [-0.15, -0.1) is 0 Å². The molecule has 22 heavy (non-hydrogen) atoms. The summed E-state index contributed by atoms with van der Waals surface area (Å²) in [5.41, 5.74) is 1.52. The number of nitrogens with one attached hydrogen (secondary N) is 1. The minimum absolute atomic E-state index is 0.122. The molecule has 1 amide bonds. The van der Waals surface area contributed by atoms with Crippen LogP contribution in [0.25, 0.3) is 5.82 Å². The van der Waals surface area contributed by atoms with E-state index in [4.69, 9.17) is 0 Å². The summed E-state index contributed by atoms with van der Waals surface area (Å²) in [5.74, 6) is 0.589. The number of carbonyl (C=O) groups is 1. The van der Waals surface area contributed by atoms with Crippen LogP contribution in [-0.2, 0) is 6.54 Å². The van der Waals surface area contributed by atoms with E-state index in [1.165, 1.54) is 0 Å². The summed E-state index contributed by atoms with van der Waals surface area (Å²) >= 11 is 3.35. The van der Waals surface area contributed by atoms with Crippen molar-refractivity contribution in [2.24, 2.45) is 0 Å². The molecule has 1 N–H and O–H groups in total. The maximum Gasteiger partial charge on any atom is 0.251 e. The Kier molecular flexibility index (Phi) is 4.29. The van der Waals surface area contributed by atoms with Gasteiger partial charge in [0.2, 0.25) is 0 Å². The predicted octanol–water partition coefficient (Wildman–Crippen LogP) is 2.96. The number of pyridine rings is 1. The van der Waals surface area contributed by atoms with Crippen LogP contribution < -0.4 is 5.32 Å². The molecule has 1 aromatic carbocycles. The molecule has 0 fully saturated rings. The fourth-order valence-corrected chi connectivity index (χ4v) is 2.31. The summed E-state index contributed by atoms with van der Waals surface area (Å²) in [5, 5.41) is 7.08. The highest BCUT2D eigenvalue weighted by Gasteiger charge is 2.09. The molecule has 6 heteroatoms. The lowest BCUT2D eigenvalue weighted by Gasteiger charge is -2.09. The first-order valence-electron chi connectivity index (χ1n) is 6.72. The first-order valence-corrected chi connectivity index (χ1v) is 7.51. The second-order valence-electron chi connectivity index (χ2n) is 4.63. The Morgan fingerprint density at radius 3 is 2.68 bits per heavy atom. The van der Waals surface area contributed by atoms with Crippen LogP contribution in [0.1, 0.15) is 15.9 Å². The van der Waals surface area contributed by atoms with Crippen molar-refractivity contribution in [1.29, 1.82) is 0 Å². The molecule has 110 valence electrons. The lowest BCUT2D eigenvalue weighted by atomic mass is 10.2. The van der Waals surface area contributed by atoms with Crippen molar-refractivity contribution in [1.82, 2.24) is 20.1 Å². The summed E-state index contributed by atoms with van der Waals surface area (Å²) in [6.45, 7) is 0.387.